The molecule has 82 valence electrons. The molecule has 14 heavy (non-hydrogen) atoms. The molecule has 0 radical (unpaired) electrons. The van der Waals surface area contributed by atoms with Crippen molar-refractivity contribution in [2.75, 3.05) is 19.8 Å². The highest BCUT2D eigenvalue weighted by molar-refractivity contribution is 4.77. The summed E-state index contributed by atoms with van der Waals surface area (Å²) < 4.78 is 10.7. The zero-order chi connectivity index (χ0) is 9.80. The Labute approximate surface area is 85.9 Å². The predicted molar refractivity (Wildman–Crippen MR) is 55.1 cm³/mol. The van der Waals surface area contributed by atoms with E-state index in [0.29, 0.717) is 12.0 Å². The molecule has 2 rings (SSSR count). The van der Waals surface area contributed by atoms with E-state index in [1.54, 1.807) is 0 Å². The Morgan fingerprint density at radius 1 is 1.21 bits per heavy atom. The lowest BCUT2D eigenvalue weighted by Crippen LogP contribution is -2.42. The van der Waals surface area contributed by atoms with Crippen molar-refractivity contribution in [2.45, 2.75) is 44.2 Å². The highest BCUT2D eigenvalue weighted by atomic mass is 16.6. The van der Waals surface area contributed by atoms with Crippen LogP contribution in [0.15, 0.2) is 0 Å². The van der Waals surface area contributed by atoms with Gasteiger partial charge in [-0.1, -0.05) is 19.3 Å². The maximum Gasteiger partial charge on any atom is 0.104 e. The minimum Gasteiger partial charge on any atom is -0.376 e. The van der Waals surface area contributed by atoms with E-state index in [4.69, 9.17) is 15.2 Å². The molecule has 1 aliphatic heterocycles. The zero-order valence-electron chi connectivity index (χ0n) is 8.78. The van der Waals surface area contributed by atoms with Gasteiger partial charge in [-0.2, -0.15) is 0 Å². The van der Waals surface area contributed by atoms with Gasteiger partial charge in [-0.25, -0.2) is 0 Å². The van der Waals surface area contributed by atoms with Crippen molar-refractivity contribution in [3.05, 3.63) is 0 Å². The molecule has 0 aromatic rings. The van der Waals surface area contributed by atoms with Crippen molar-refractivity contribution in [3.8, 4) is 0 Å². The molecule has 0 aromatic carbocycles. The lowest BCUT2D eigenvalue weighted by atomic mass is 9.84. The molecule has 1 saturated carbocycles. The molecule has 1 heterocycles. The van der Waals surface area contributed by atoms with Crippen LogP contribution in [-0.4, -0.2) is 32.0 Å². The summed E-state index contributed by atoms with van der Waals surface area (Å²) in [6.07, 6.45) is 7.01. The molecule has 3 heteroatoms. The topological polar surface area (TPSA) is 44.5 Å². The van der Waals surface area contributed by atoms with Crippen LogP contribution in [0.2, 0.25) is 0 Å². The minimum atomic E-state index is 0.246. The molecule has 2 aliphatic rings. The largest absolute Gasteiger partial charge is 0.376 e. The quantitative estimate of drug-likeness (QED) is 0.742. The molecule has 0 aromatic heterocycles. The smallest absolute Gasteiger partial charge is 0.104 e. The van der Waals surface area contributed by atoms with Crippen LogP contribution in [0, 0.1) is 5.92 Å². The molecular weight excluding hydrogens is 178 g/mol. The fraction of sp³-hybridized carbons (Fsp3) is 1.00. The minimum absolute atomic E-state index is 0.246. The molecule has 1 atom stereocenters. The molecule has 1 aliphatic carbocycles. The van der Waals surface area contributed by atoms with Gasteiger partial charge < -0.3 is 15.2 Å². The molecular formula is C11H21NO2. The average Bonchev–Trinajstić information content (AvgIpc) is 2.16. The van der Waals surface area contributed by atoms with E-state index in [1.165, 1.54) is 32.1 Å². The summed E-state index contributed by atoms with van der Waals surface area (Å²) in [5.41, 5.74) is 6.11. The summed E-state index contributed by atoms with van der Waals surface area (Å²) in [7, 11) is 0. The highest BCUT2D eigenvalue weighted by Crippen LogP contribution is 2.26. The molecule has 0 bridgehead atoms. The number of hydrogen-bond donors (Lipinski definition) is 1. The van der Waals surface area contributed by atoms with Gasteiger partial charge in [0.15, 0.2) is 0 Å². The molecule has 0 spiro atoms. The van der Waals surface area contributed by atoms with Crippen LogP contribution in [-0.2, 0) is 9.47 Å². The van der Waals surface area contributed by atoms with Crippen LogP contribution in [0.25, 0.3) is 0 Å². The van der Waals surface area contributed by atoms with E-state index >= 15 is 0 Å². The van der Waals surface area contributed by atoms with E-state index in [9.17, 15) is 0 Å². The normalized spacial score (nSPS) is 27.2. The summed E-state index contributed by atoms with van der Waals surface area (Å²) >= 11 is 0. The fourth-order valence-corrected chi connectivity index (χ4v) is 2.26. The first-order chi connectivity index (χ1) is 6.86. The fourth-order valence-electron chi connectivity index (χ4n) is 2.26. The van der Waals surface area contributed by atoms with Crippen molar-refractivity contribution in [1.82, 2.24) is 0 Å². The Hall–Kier alpha value is -0.120. The Bertz CT molecular complexity index is 165. The third-order valence-electron chi connectivity index (χ3n) is 3.39. The number of nitrogens with two attached hydrogens (primary N) is 1. The standard InChI is InChI=1S/C11H21NO2/c12-11(8-14-10-6-13-7-10)9-4-2-1-3-5-9/h9-11H,1-8,12H2. The summed E-state index contributed by atoms with van der Waals surface area (Å²) in [5, 5.41) is 0. The van der Waals surface area contributed by atoms with E-state index in [1.807, 2.05) is 0 Å². The van der Waals surface area contributed by atoms with Gasteiger partial charge in [0, 0.05) is 6.04 Å². The van der Waals surface area contributed by atoms with Gasteiger partial charge in [0.25, 0.3) is 0 Å². The van der Waals surface area contributed by atoms with Crippen molar-refractivity contribution >= 4 is 0 Å². The lowest BCUT2D eigenvalue weighted by molar-refractivity contribution is -0.134. The van der Waals surface area contributed by atoms with Crippen LogP contribution < -0.4 is 5.73 Å². The Morgan fingerprint density at radius 2 is 1.93 bits per heavy atom. The van der Waals surface area contributed by atoms with E-state index < -0.39 is 0 Å². The SMILES string of the molecule is NC(COC1COC1)C1CCCCC1. The Kier molecular flexibility index (Phi) is 3.79. The predicted octanol–water partition coefficient (Wildman–Crippen LogP) is 1.31. The van der Waals surface area contributed by atoms with E-state index in [-0.39, 0.29) is 6.04 Å². The van der Waals surface area contributed by atoms with Gasteiger partial charge >= 0.3 is 0 Å². The molecule has 0 amide bonds. The summed E-state index contributed by atoms with van der Waals surface area (Å²) in [6, 6.07) is 0.246. The molecule has 1 saturated heterocycles. The maximum absolute atomic E-state index is 6.11. The van der Waals surface area contributed by atoms with Gasteiger partial charge in [0.05, 0.1) is 19.8 Å². The van der Waals surface area contributed by atoms with Crippen LogP contribution >= 0.6 is 0 Å². The molecule has 2 N–H and O–H groups in total. The van der Waals surface area contributed by atoms with E-state index in [0.717, 1.165) is 19.8 Å². The van der Waals surface area contributed by atoms with E-state index in [2.05, 4.69) is 0 Å². The number of ether oxygens (including phenoxy) is 2. The van der Waals surface area contributed by atoms with Gasteiger partial charge in [0.2, 0.25) is 0 Å². The van der Waals surface area contributed by atoms with Crippen molar-refractivity contribution < 1.29 is 9.47 Å². The summed E-state index contributed by atoms with van der Waals surface area (Å²) in [5.74, 6) is 0.699. The molecule has 2 fully saturated rings. The second-order valence-electron chi connectivity index (χ2n) is 4.55. The highest BCUT2D eigenvalue weighted by Gasteiger charge is 2.24. The van der Waals surface area contributed by atoms with Gasteiger partial charge in [-0.3, -0.25) is 0 Å². The first kappa shape index (κ1) is 10.4. The molecule has 3 nitrogen and oxygen atoms in total. The zero-order valence-corrected chi connectivity index (χ0v) is 8.78. The van der Waals surface area contributed by atoms with Crippen molar-refractivity contribution in [2.24, 2.45) is 11.7 Å². The third kappa shape index (κ3) is 2.69. The Balaban J connectivity index is 1.62. The number of hydrogen-bond acceptors (Lipinski definition) is 3. The maximum atomic E-state index is 6.11. The summed E-state index contributed by atoms with van der Waals surface area (Å²) in [6.45, 7) is 2.24. The first-order valence-electron chi connectivity index (χ1n) is 5.81. The van der Waals surface area contributed by atoms with Gasteiger partial charge in [0.1, 0.15) is 6.10 Å². The summed E-state index contributed by atoms with van der Waals surface area (Å²) in [4.78, 5) is 0. The van der Waals surface area contributed by atoms with Crippen molar-refractivity contribution in [3.63, 3.8) is 0 Å². The molecule has 1 unspecified atom stereocenters. The second-order valence-corrected chi connectivity index (χ2v) is 4.55. The second kappa shape index (κ2) is 5.10. The van der Waals surface area contributed by atoms with Crippen molar-refractivity contribution in [1.29, 1.82) is 0 Å². The van der Waals surface area contributed by atoms with Crippen LogP contribution in [0.4, 0.5) is 0 Å². The van der Waals surface area contributed by atoms with Gasteiger partial charge in [-0.05, 0) is 18.8 Å². The number of rotatable bonds is 4. The first-order valence-corrected chi connectivity index (χ1v) is 5.81. The monoisotopic (exact) mass is 199 g/mol. The Morgan fingerprint density at radius 3 is 2.50 bits per heavy atom. The van der Waals surface area contributed by atoms with Crippen LogP contribution in [0.5, 0.6) is 0 Å². The average molecular weight is 199 g/mol. The van der Waals surface area contributed by atoms with Crippen LogP contribution in [0.3, 0.4) is 0 Å². The van der Waals surface area contributed by atoms with Gasteiger partial charge in [-0.15, -0.1) is 0 Å². The lowest BCUT2D eigenvalue weighted by Gasteiger charge is -2.31. The van der Waals surface area contributed by atoms with Crippen LogP contribution in [0.1, 0.15) is 32.1 Å². The third-order valence-corrected chi connectivity index (χ3v) is 3.39.